The molecule has 2 aliphatic carbocycles. The normalized spacial score (nSPS) is 19.0. The number of rotatable bonds is 5. The SMILES string of the molecule is C=CC(=O)Oc1c2c(c(OC(=O)C=C)c3c(CC)cccc13)C1C=CC2C1. The van der Waals surface area contributed by atoms with Crippen LogP contribution in [0.4, 0.5) is 0 Å². The molecule has 4 heteroatoms. The van der Waals surface area contributed by atoms with Crippen molar-refractivity contribution in [3.8, 4) is 11.5 Å². The van der Waals surface area contributed by atoms with E-state index < -0.39 is 11.9 Å². The number of ether oxygens (including phenoxy) is 2. The van der Waals surface area contributed by atoms with Crippen molar-refractivity contribution in [2.45, 2.75) is 31.6 Å². The molecule has 0 aliphatic heterocycles. The molecular formula is C23H20O4. The molecule has 2 unspecified atom stereocenters. The minimum Gasteiger partial charge on any atom is -0.422 e. The van der Waals surface area contributed by atoms with Crippen LogP contribution in [0.2, 0.25) is 0 Å². The summed E-state index contributed by atoms with van der Waals surface area (Å²) in [5.74, 6) is 0.421. The Morgan fingerprint density at radius 3 is 2.22 bits per heavy atom. The lowest BCUT2D eigenvalue weighted by molar-refractivity contribution is -0.130. The summed E-state index contributed by atoms with van der Waals surface area (Å²) in [6.45, 7) is 9.08. The Hall–Kier alpha value is -3.14. The first-order valence-electron chi connectivity index (χ1n) is 9.07. The van der Waals surface area contributed by atoms with Gasteiger partial charge in [-0.2, -0.15) is 0 Å². The maximum atomic E-state index is 12.1. The second-order valence-electron chi connectivity index (χ2n) is 6.76. The highest BCUT2D eigenvalue weighted by atomic mass is 16.5. The van der Waals surface area contributed by atoms with Crippen LogP contribution in [0, 0.1) is 0 Å². The molecule has 136 valence electrons. The average Bonchev–Trinajstić information content (AvgIpc) is 3.31. The van der Waals surface area contributed by atoms with Crippen LogP contribution in [0.1, 0.15) is 41.9 Å². The van der Waals surface area contributed by atoms with Crippen LogP contribution in [0.15, 0.2) is 55.7 Å². The van der Waals surface area contributed by atoms with E-state index in [9.17, 15) is 9.59 Å². The van der Waals surface area contributed by atoms with Gasteiger partial charge in [-0.15, -0.1) is 0 Å². The van der Waals surface area contributed by atoms with Gasteiger partial charge in [0.2, 0.25) is 0 Å². The smallest absolute Gasteiger partial charge is 0.335 e. The Bertz CT molecular complexity index is 1030. The molecule has 4 rings (SSSR count). The second-order valence-corrected chi connectivity index (χ2v) is 6.76. The van der Waals surface area contributed by atoms with E-state index in [-0.39, 0.29) is 11.8 Å². The average molecular weight is 360 g/mol. The predicted molar refractivity (Wildman–Crippen MR) is 104 cm³/mol. The molecule has 4 nitrogen and oxygen atoms in total. The molecule has 0 N–H and O–H groups in total. The van der Waals surface area contributed by atoms with Gasteiger partial charge in [-0.3, -0.25) is 0 Å². The zero-order chi connectivity index (χ0) is 19.1. The molecule has 0 fully saturated rings. The number of allylic oxidation sites excluding steroid dienone is 2. The third-order valence-corrected chi connectivity index (χ3v) is 5.35. The third-order valence-electron chi connectivity index (χ3n) is 5.35. The van der Waals surface area contributed by atoms with Gasteiger partial charge in [-0.1, -0.05) is 50.4 Å². The molecule has 2 aromatic carbocycles. The van der Waals surface area contributed by atoms with Crippen LogP contribution in [-0.2, 0) is 16.0 Å². The van der Waals surface area contributed by atoms with Gasteiger partial charge in [0.1, 0.15) is 11.5 Å². The third kappa shape index (κ3) is 2.60. The molecule has 0 radical (unpaired) electrons. The van der Waals surface area contributed by atoms with Crippen molar-refractivity contribution in [3.05, 3.63) is 72.4 Å². The van der Waals surface area contributed by atoms with Gasteiger partial charge in [0.05, 0.1) is 0 Å². The summed E-state index contributed by atoms with van der Waals surface area (Å²) in [5.41, 5.74) is 2.91. The number of benzene rings is 2. The number of aryl methyl sites for hydroxylation is 1. The topological polar surface area (TPSA) is 52.6 Å². The second kappa shape index (κ2) is 6.54. The molecule has 2 bridgehead atoms. The van der Waals surface area contributed by atoms with Crippen LogP contribution in [0.3, 0.4) is 0 Å². The van der Waals surface area contributed by atoms with Crippen molar-refractivity contribution >= 4 is 22.7 Å². The summed E-state index contributed by atoms with van der Waals surface area (Å²) >= 11 is 0. The molecule has 0 saturated carbocycles. The molecule has 0 amide bonds. The quantitative estimate of drug-likeness (QED) is 0.335. The fourth-order valence-corrected chi connectivity index (χ4v) is 4.24. The van der Waals surface area contributed by atoms with Gasteiger partial charge < -0.3 is 9.47 Å². The maximum Gasteiger partial charge on any atom is 0.335 e. The van der Waals surface area contributed by atoms with E-state index in [0.29, 0.717) is 11.5 Å². The van der Waals surface area contributed by atoms with Crippen molar-refractivity contribution in [2.24, 2.45) is 0 Å². The summed E-state index contributed by atoms with van der Waals surface area (Å²) in [6, 6.07) is 5.84. The number of hydrogen-bond acceptors (Lipinski definition) is 4. The Morgan fingerprint density at radius 2 is 1.63 bits per heavy atom. The van der Waals surface area contributed by atoms with E-state index in [1.807, 2.05) is 25.1 Å². The monoisotopic (exact) mass is 360 g/mol. The fraction of sp³-hybridized carbons (Fsp3) is 0.217. The van der Waals surface area contributed by atoms with Crippen LogP contribution in [-0.4, -0.2) is 11.9 Å². The van der Waals surface area contributed by atoms with E-state index in [2.05, 4.69) is 25.3 Å². The van der Waals surface area contributed by atoms with Crippen molar-refractivity contribution in [3.63, 3.8) is 0 Å². The molecule has 0 aromatic heterocycles. The predicted octanol–water partition coefficient (Wildman–Crippen LogP) is 4.73. The molecule has 0 spiro atoms. The van der Waals surface area contributed by atoms with Crippen LogP contribution >= 0.6 is 0 Å². The zero-order valence-electron chi connectivity index (χ0n) is 15.2. The lowest BCUT2D eigenvalue weighted by atomic mass is 9.88. The van der Waals surface area contributed by atoms with Gasteiger partial charge in [0.15, 0.2) is 0 Å². The van der Waals surface area contributed by atoms with Gasteiger partial charge in [-0.25, -0.2) is 9.59 Å². The summed E-state index contributed by atoms with van der Waals surface area (Å²) < 4.78 is 11.5. The first-order valence-corrected chi connectivity index (χ1v) is 9.07. The number of carbonyl (C=O) groups is 2. The van der Waals surface area contributed by atoms with Crippen LogP contribution in [0.5, 0.6) is 11.5 Å². The summed E-state index contributed by atoms with van der Waals surface area (Å²) in [6.07, 6.45) is 8.25. The molecule has 0 heterocycles. The van der Waals surface area contributed by atoms with Gasteiger partial charge >= 0.3 is 11.9 Å². The molecular weight excluding hydrogens is 340 g/mol. The number of hydrogen-bond donors (Lipinski definition) is 0. The number of carbonyl (C=O) groups excluding carboxylic acids is 2. The fourth-order valence-electron chi connectivity index (χ4n) is 4.24. The number of esters is 2. The highest BCUT2D eigenvalue weighted by molar-refractivity contribution is 6.03. The molecule has 2 aliphatic rings. The van der Waals surface area contributed by atoms with E-state index in [1.54, 1.807) is 0 Å². The maximum absolute atomic E-state index is 12.1. The largest absolute Gasteiger partial charge is 0.422 e. The van der Waals surface area contributed by atoms with Crippen molar-refractivity contribution in [2.75, 3.05) is 0 Å². The minimum absolute atomic E-state index is 0.146. The van der Waals surface area contributed by atoms with E-state index in [1.165, 1.54) is 6.08 Å². The molecule has 0 saturated heterocycles. The first-order chi connectivity index (χ1) is 13.1. The highest BCUT2D eigenvalue weighted by Crippen LogP contribution is 2.58. The Balaban J connectivity index is 2.10. The Kier molecular flexibility index (Phi) is 4.19. The minimum atomic E-state index is -0.497. The van der Waals surface area contributed by atoms with E-state index >= 15 is 0 Å². The standard InChI is InChI=1S/C23H20O4/c1-4-13-8-7-9-16-19(13)23(27-18(25)6-3)21-15-11-10-14(12-15)20(21)22(16)26-17(24)5-2/h5-11,14-15H,2-4,12H2,1H3. The molecule has 2 aromatic rings. The Labute approximate surface area is 157 Å². The summed E-state index contributed by atoms with van der Waals surface area (Å²) in [4.78, 5) is 24.1. The van der Waals surface area contributed by atoms with Crippen molar-refractivity contribution < 1.29 is 19.1 Å². The van der Waals surface area contributed by atoms with Crippen LogP contribution in [0.25, 0.3) is 10.8 Å². The summed E-state index contributed by atoms with van der Waals surface area (Å²) in [5, 5.41) is 1.60. The Morgan fingerprint density at radius 1 is 1.04 bits per heavy atom. The van der Waals surface area contributed by atoms with Crippen molar-refractivity contribution in [1.82, 2.24) is 0 Å². The van der Waals surface area contributed by atoms with E-state index in [0.717, 1.165) is 46.4 Å². The van der Waals surface area contributed by atoms with E-state index in [4.69, 9.17) is 9.47 Å². The number of fused-ring (bicyclic) bond motifs is 6. The lowest BCUT2D eigenvalue weighted by Gasteiger charge is -2.23. The van der Waals surface area contributed by atoms with Gasteiger partial charge in [0.25, 0.3) is 0 Å². The first kappa shape index (κ1) is 17.3. The zero-order valence-corrected chi connectivity index (χ0v) is 15.2. The van der Waals surface area contributed by atoms with Crippen LogP contribution < -0.4 is 9.47 Å². The van der Waals surface area contributed by atoms with Gasteiger partial charge in [0, 0.05) is 45.9 Å². The van der Waals surface area contributed by atoms with Gasteiger partial charge in [-0.05, 0) is 18.4 Å². The highest BCUT2D eigenvalue weighted by Gasteiger charge is 2.40. The molecule has 27 heavy (non-hydrogen) atoms. The lowest BCUT2D eigenvalue weighted by Crippen LogP contribution is -2.12. The molecule has 2 atom stereocenters. The van der Waals surface area contributed by atoms with Crippen molar-refractivity contribution in [1.29, 1.82) is 0 Å². The summed E-state index contributed by atoms with van der Waals surface area (Å²) in [7, 11) is 0.